The second kappa shape index (κ2) is 10.5. The molecule has 1 saturated heterocycles. The van der Waals surface area contributed by atoms with E-state index in [0.29, 0.717) is 13.0 Å². The number of aliphatic hydroxyl groups excluding tert-OH is 3. The first-order chi connectivity index (χ1) is 11.8. The van der Waals surface area contributed by atoms with E-state index in [1.54, 1.807) is 6.08 Å². The number of allylic oxidation sites excluding steroid dienone is 1. The minimum absolute atomic E-state index is 0.177. The van der Waals surface area contributed by atoms with Gasteiger partial charge < -0.3 is 31.3 Å². The Morgan fingerprint density at radius 3 is 2.48 bits per heavy atom. The molecule has 0 aromatic rings. The highest BCUT2D eigenvalue weighted by atomic mass is 16.4. The van der Waals surface area contributed by atoms with E-state index in [-0.39, 0.29) is 11.8 Å². The van der Waals surface area contributed by atoms with E-state index in [4.69, 9.17) is 0 Å². The Labute approximate surface area is 148 Å². The molecule has 0 spiro atoms. The average molecular weight is 357 g/mol. The number of hydrogen-bond donors (Lipinski definition) is 6. The van der Waals surface area contributed by atoms with Gasteiger partial charge in [0.2, 0.25) is 11.8 Å². The van der Waals surface area contributed by atoms with Gasteiger partial charge in [0, 0.05) is 6.54 Å². The molecule has 5 atom stereocenters. The van der Waals surface area contributed by atoms with Crippen LogP contribution < -0.4 is 16.0 Å². The number of aliphatic hydroxyl groups is 3. The molecular formula is C17H31N3O5. The number of nitrogens with one attached hydrogen (secondary N) is 3. The Hall–Kier alpha value is -1.48. The second-order valence-corrected chi connectivity index (χ2v) is 6.72. The van der Waals surface area contributed by atoms with Crippen molar-refractivity contribution in [2.45, 2.75) is 63.5 Å². The Morgan fingerprint density at radius 1 is 1.20 bits per heavy atom. The van der Waals surface area contributed by atoms with E-state index < -0.39 is 36.3 Å². The van der Waals surface area contributed by atoms with Gasteiger partial charge in [0.05, 0.1) is 0 Å². The maximum atomic E-state index is 12.4. The molecule has 1 aliphatic heterocycles. The fourth-order valence-corrected chi connectivity index (χ4v) is 2.64. The van der Waals surface area contributed by atoms with E-state index in [2.05, 4.69) is 16.0 Å². The standard InChI is InChI=1S/C17H31N3O5/c1-10(2)7-8-12(21)14(22)15(23)13(18-3)17(25)20-11-6-4-5-9-19-16(11)24/h7-8,10-15,18,21-23H,4-6,9H2,1-3H3,(H,19,24)(H,20,25)/b8-7+. The van der Waals surface area contributed by atoms with Gasteiger partial charge in [0.1, 0.15) is 30.4 Å². The molecule has 0 aromatic heterocycles. The van der Waals surface area contributed by atoms with Crippen molar-refractivity contribution < 1.29 is 24.9 Å². The average Bonchev–Trinajstić information content (AvgIpc) is 2.77. The first-order valence-corrected chi connectivity index (χ1v) is 8.75. The lowest BCUT2D eigenvalue weighted by molar-refractivity contribution is -0.134. The van der Waals surface area contributed by atoms with Crippen molar-refractivity contribution in [2.75, 3.05) is 13.6 Å². The summed E-state index contributed by atoms with van der Waals surface area (Å²) in [5, 5.41) is 38.3. The molecule has 144 valence electrons. The van der Waals surface area contributed by atoms with Crippen LogP contribution in [-0.4, -0.2) is 71.1 Å². The number of likely N-dealkylation sites (N-methyl/N-ethyl adjacent to an activating group) is 1. The molecule has 1 rings (SSSR count). The van der Waals surface area contributed by atoms with Crippen molar-refractivity contribution in [1.82, 2.24) is 16.0 Å². The first-order valence-electron chi connectivity index (χ1n) is 8.75. The third-order valence-electron chi connectivity index (χ3n) is 4.18. The van der Waals surface area contributed by atoms with E-state index in [1.165, 1.54) is 13.1 Å². The third-order valence-corrected chi connectivity index (χ3v) is 4.18. The number of amides is 2. The van der Waals surface area contributed by atoms with Gasteiger partial charge in [-0.2, -0.15) is 0 Å². The minimum Gasteiger partial charge on any atom is -0.388 e. The summed E-state index contributed by atoms with van der Waals surface area (Å²) in [6, 6.07) is -1.82. The van der Waals surface area contributed by atoms with Crippen molar-refractivity contribution in [3.05, 3.63) is 12.2 Å². The van der Waals surface area contributed by atoms with E-state index in [1.807, 2.05) is 13.8 Å². The maximum absolute atomic E-state index is 12.4. The van der Waals surface area contributed by atoms with Crippen molar-refractivity contribution >= 4 is 11.8 Å². The van der Waals surface area contributed by atoms with E-state index in [0.717, 1.165) is 12.8 Å². The fraction of sp³-hybridized carbons (Fsp3) is 0.765. The summed E-state index contributed by atoms with van der Waals surface area (Å²) in [5.74, 6) is -0.678. The number of hydrogen-bond acceptors (Lipinski definition) is 6. The summed E-state index contributed by atoms with van der Waals surface area (Å²) in [6.45, 7) is 4.40. The van der Waals surface area contributed by atoms with Gasteiger partial charge in [-0.25, -0.2) is 0 Å². The summed E-state index contributed by atoms with van der Waals surface area (Å²) >= 11 is 0. The van der Waals surface area contributed by atoms with Crippen molar-refractivity contribution in [2.24, 2.45) is 5.92 Å². The van der Waals surface area contributed by atoms with Crippen LogP contribution >= 0.6 is 0 Å². The third kappa shape index (κ3) is 6.74. The number of carbonyl (C=O) groups excluding carboxylic acids is 2. The van der Waals surface area contributed by atoms with Gasteiger partial charge in [0.25, 0.3) is 0 Å². The van der Waals surface area contributed by atoms with E-state index >= 15 is 0 Å². The van der Waals surface area contributed by atoms with Crippen LogP contribution in [0.15, 0.2) is 12.2 Å². The number of carbonyl (C=O) groups is 2. The second-order valence-electron chi connectivity index (χ2n) is 6.72. The molecule has 2 amide bonds. The molecule has 8 heteroatoms. The molecule has 1 aliphatic rings. The highest BCUT2D eigenvalue weighted by Crippen LogP contribution is 2.10. The molecule has 1 heterocycles. The molecule has 8 nitrogen and oxygen atoms in total. The van der Waals surface area contributed by atoms with E-state index in [9.17, 15) is 24.9 Å². The van der Waals surface area contributed by atoms with Gasteiger partial charge in [-0.05, 0) is 32.2 Å². The Kier molecular flexibility index (Phi) is 9.05. The molecule has 0 bridgehead atoms. The SMILES string of the molecule is CNC(C(=O)NC1CCCCNC1=O)C(O)C(O)C(O)/C=C/C(C)C. The predicted octanol–water partition coefficient (Wildman–Crippen LogP) is -1.35. The molecule has 0 aliphatic carbocycles. The topological polar surface area (TPSA) is 131 Å². The lowest BCUT2D eigenvalue weighted by Crippen LogP contribution is -2.59. The summed E-state index contributed by atoms with van der Waals surface area (Å²) in [6.07, 6.45) is 0.884. The fourth-order valence-electron chi connectivity index (χ4n) is 2.64. The Balaban J connectivity index is 2.71. The monoisotopic (exact) mass is 357 g/mol. The Morgan fingerprint density at radius 2 is 1.88 bits per heavy atom. The molecule has 0 aromatic carbocycles. The van der Waals surface area contributed by atoms with Crippen LogP contribution in [0.5, 0.6) is 0 Å². The summed E-state index contributed by atoms with van der Waals surface area (Å²) in [7, 11) is 1.46. The molecule has 25 heavy (non-hydrogen) atoms. The Bertz CT molecular complexity index is 469. The minimum atomic E-state index is -1.54. The van der Waals surface area contributed by atoms with Gasteiger partial charge in [-0.15, -0.1) is 0 Å². The predicted molar refractivity (Wildman–Crippen MR) is 93.6 cm³/mol. The zero-order valence-electron chi connectivity index (χ0n) is 15.1. The molecule has 0 radical (unpaired) electrons. The first kappa shape index (κ1) is 21.6. The highest BCUT2D eigenvalue weighted by Gasteiger charge is 2.35. The normalized spacial score (nSPS) is 23.6. The van der Waals surface area contributed by atoms with Crippen LogP contribution in [0, 0.1) is 5.92 Å². The molecule has 0 saturated carbocycles. The van der Waals surface area contributed by atoms with Crippen LogP contribution in [0.3, 0.4) is 0 Å². The zero-order chi connectivity index (χ0) is 19.0. The summed E-state index contributed by atoms with van der Waals surface area (Å²) in [4.78, 5) is 24.3. The van der Waals surface area contributed by atoms with Crippen molar-refractivity contribution in [1.29, 1.82) is 0 Å². The van der Waals surface area contributed by atoms with Crippen LogP contribution in [0.2, 0.25) is 0 Å². The van der Waals surface area contributed by atoms with Crippen molar-refractivity contribution in [3.63, 3.8) is 0 Å². The number of rotatable bonds is 8. The van der Waals surface area contributed by atoms with Gasteiger partial charge >= 0.3 is 0 Å². The lowest BCUT2D eigenvalue weighted by Gasteiger charge is -2.28. The van der Waals surface area contributed by atoms with Gasteiger partial charge in [0.15, 0.2) is 0 Å². The van der Waals surface area contributed by atoms with Crippen LogP contribution in [-0.2, 0) is 9.59 Å². The van der Waals surface area contributed by atoms with Gasteiger partial charge in [-0.3, -0.25) is 9.59 Å². The molecule has 5 unspecified atom stereocenters. The largest absolute Gasteiger partial charge is 0.388 e. The molecule has 6 N–H and O–H groups in total. The summed E-state index contributed by atoms with van der Waals surface area (Å²) < 4.78 is 0. The van der Waals surface area contributed by atoms with Gasteiger partial charge in [-0.1, -0.05) is 26.0 Å². The lowest BCUT2D eigenvalue weighted by atomic mass is 9.98. The van der Waals surface area contributed by atoms with Crippen LogP contribution in [0.1, 0.15) is 33.1 Å². The quantitative estimate of drug-likeness (QED) is 0.298. The van der Waals surface area contributed by atoms with Crippen LogP contribution in [0.25, 0.3) is 0 Å². The highest BCUT2D eigenvalue weighted by molar-refractivity contribution is 5.90. The van der Waals surface area contributed by atoms with Crippen molar-refractivity contribution in [3.8, 4) is 0 Å². The molecular weight excluding hydrogens is 326 g/mol. The zero-order valence-corrected chi connectivity index (χ0v) is 15.1. The smallest absolute Gasteiger partial charge is 0.242 e. The maximum Gasteiger partial charge on any atom is 0.242 e. The summed E-state index contributed by atoms with van der Waals surface area (Å²) in [5.41, 5.74) is 0. The molecule has 1 fully saturated rings. The van der Waals surface area contributed by atoms with Crippen LogP contribution in [0.4, 0.5) is 0 Å².